The number of hydrogen-bond donors (Lipinski definition) is 1. The first-order valence-electron chi connectivity index (χ1n) is 6.04. The third-order valence-electron chi connectivity index (χ3n) is 2.93. The highest BCUT2D eigenvalue weighted by molar-refractivity contribution is 6.33. The molecule has 0 aliphatic heterocycles. The minimum Gasteiger partial charge on any atom is -0.324 e. The lowest BCUT2D eigenvalue weighted by Gasteiger charge is -2.09. The first-order chi connectivity index (χ1) is 10.0. The predicted molar refractivity (Wildman–Crippen MR) is 76.5 cm³/mol. The highest BCUT2D eigenvalue weighted by atomic mass is 35.5. The van der Waals surface area contributed by atoms with E-state index in [1.165, 1.54) is 19.1 Å². The van der Waals surface area contributed by atoms with Gasteiger partial charge in [-0.3, -0.25) is 4.79 Å². The van der Waals surface area contributed by atoms with Crippen molar-refractivity contribution in [3.05, 3.63) is 41.2 Å². The Labute approximate surface area is 123 Å². The van der Waals surface area contributed by atoms with Gasteiger partial charge in [-0.1, -0.05) is 17.7 Å². The van der Waals surface area contributed by atoms with Crippen LogP contribution in [0.4, 0.5) is 10.1 Å². The maximum atomic E-state index is 14.0. The fourth-order valence-electron chi connectivity index (χ4n) is 2.00. The molecule has 1 N–H and O–H groups in total. The van der Waals surface area contributed by atoms with E-state index in [1.54, 1.807) is 18.2 Å². The van der Waals surface area contributed by atoms with E-state index >= 15 is 0 Å². The Bertz CT molecular complexity index is 847. The van der Waals surface area contributed by atoms with Crippen LogP contribution in [0.1, 0.15) is 6.92 Å². The minimum absolute atomic E-state index is 0.0421. The van der Waals surface area contributed by atoms with E-state index in [0.717, 1.165) is 0 Å². The van der Waals surface area contributed by atoms with E-state index in [1.807, 2.05) is 0 Å². The summed E-state index contributed by atoms with van der Waals surface area (Å²) < 4.78 is 18.6. The molecule has 0 bridgehead atoms. The monoisotopic (exact) mass is 305 g/mol. The maximum Gasteiger partial charge on any atom is 0.221 e. The van der Waals surface area contributed by atoms with Crippen molar-refractivity contribution >= 4 is 34.2 Å². The van der Waals surface area contributed by atoms with E-state index in [9.17, 15) is 9.18 Å². The number of halogens is 2. The molecule has 0 atom stereocenters. The van der Waals surface area contributed by atoms with E-state index in [0.29, 0.717) is 27.2 Å². The van der Waals surface area contributed by atoms with Crippen LogP contribution in [0.2, 0.25) is 5.02 Å². The second-order valence-electron chi connectivity index (χ2n) is 4.46. The van der Waals surface area contributed by atoms with Gasteiger partial charge in [0.15, 0.2) is 0 Å². The number of benzene rings is 2. The van der Waals surface area contributed by atoms with Gasteiger partial charge in [-0.15, -0.1) is 0 Å². The van der Waals surface area contributed by atoms with Crippen LogP contribution in [0.5, 0.6) is 0 Å². The molecule has 0 aliphatic carbocycles. The Morgan fingerprint density at radius 1 is 1.24 bits per heavy atom. The number of hydrogen-bond acceptors (Lipinski definition) is 4. The summed E-state index contributed by atoms with van der Waals surface area (Å²) in [6.45, 7) is 1.30. The Kier molecular flexibility index (Phi) is 3.31. The summed E-state index contributed by atoms with van der Waals surface area (Å²) in [6.07, 6.45) is 0. The lowest BCUT2D eigenvalue weighted by Crippen LogP contribution is -2.07. The fraction of sp³-hybridized carbons (Fsp3) is 0.0714. The third-order valence-corrected chi connectivity index (χ3v) is 3.24. The van der Waals surface area contributed by atoms with Gasteiger partial charge >= 0.3 is 0 Å². The van der Waals surface area contributed by atoms with Crippen molar-refractivity contribution in [3.63, 3.8) is 0 Å². The van der Waals surface area contributed by atoms with Gasteiger partial charge in [0, 0.05) is 12.5 Å². The molecule has 5 nitrogen and oxygen atoms in total. The Morgan fingerprint density at radius 2 is 2.00 bits per heavy atom. The molecule has 1 aromatic heterocycles. The van der Waals surface area contributed by atoms with E-state index < -0.39 is 5.82 Å². The van der Waals surface area contributed by atoms with Gasteiger partial charge in [0.2, 0.25) is 5.91 Å². The number of nitrogens with zero attached hydrogens (tertiary/aromatic N) is 2. The van der Waals surface area contributed by atoms with Crippen LogP contribution < -0.4 is 5.32 Å². The van der Waals surface area contributed by atoms with Crippen molar-refractivity contribution in [2.45, 2.75) is 6.92 Å². The van der Waals surface area contributed by atoms with Crippen LogP contribution in [0.15, 0.2) is 35.0 Å². The molecule has 0 radical (unpaired) electrons. The summed E-state index contributed by atoms with van der Waals surface area (Å²) in [4.78, 5) is 11.0. The topological polar surface area (TPSA) is 68.0 Å². The van der Waals surface area contributed by atoms with Gasteiger partial charge < -0.3 is 5.32 Å². The zero-order valence-electron chi connectivity index (χ0n) is 10.9. The largest absolute Gasteiger partial charge is 0.324 e. The molecule has 1 amide bonds. The molecule has 7 heteroatoms. The Morgan fingerprint density at radius 3 is 2.76 bits per heavy atom. The van der Waals surface area contributed by atoms with Crippen molar-refractivity contribution in [2.24, 2.45) is 0 Å². The highest BCUT2D eigenvalue weighted by Gasteiger charge is 2.12. The number of aromatic nitrogens is 2. The Hall–Kier alpha value is -2.47. The van der Waals surface area contributed by atoms with Gasteiger partial charge in [0.05, 0.1) is 10.7 Å². The molecular formula is C14H9ClFN3O2. The molecule has 106 valence electrons. The molecular weight excluding hydrogens is 297 g/mol. The summed E-state index contributed by atoms with van der Waals surface area (Å²) >= 11 is 6.17. The van der Waals surface area contributed by atoms with Gasteiger partial charge in [0.25, 0.3) is 0 Å². The molecule has 2 aromatic carbocycles. The quantitative estimate of drug-likeness (QED) is 0.785. The van der Waals surface area contributed by atoms with E-state index in [4.69, 9.17) is 11.6 Å². The van der Waals surface area contributed by atoms with E-state index in [-0.39, 0.29) is 11.6 Å². The predicted octanol–water partition coefficient (Wildman–Crippen LogP) is 3.64. The average Bonchev–Trinajstić information content (AvgIpc) is 2.89. The van der Waals surface area contributed by atoms with Crippen molar-refractivity contribution in [2.75, 3.05) is 5.32 Å². The Balaban J connectivity index is 2.09. The fourth-order valence-corrected chi connectivity index (χ4v) is 2.28. The number of rotatable bonds is 2. The first-order valence-corrected chi connectivity index (χ1v) is 6.42. The number of fused-ring (bicyclic) bond motifs is 1. The first kappa shape index (κ1) is 13.5. The normalized spacial score (nSPS) is 10.8. The standard InChI is InChI=1S/C14H9ClFN3O2/c1-7(20)17-13-6-10(15)9(5-11(13)16)8-2-3-12-14(4-8)19-21-18-12/h2-6H,1H3,(H,17,20). The summed E-state index contributed by atoms with van der Waals surface area (Å²) in [5, 5.41) is 10.1. The molecule has 21 heavy (non-hydrogen) atoms. The van der Waals surface area contributed by atoms with Crippen LogP contribution in [-0.4, -0.2) is 16.2 Å². The maximum absolute atomic E-state index is 14.0. The number of carbonyl (C=O) groups is 1. The third kappa shape index (κ3) is 2.57. The van der Waals surface area contributed by atoms with Crippen LogP contribution in [0.25, 0.3) is 22.2 Å². The van der Waals surface area contributed by atoms with Crippen molar-refractivity contribution < 1.29 is 13.8 Å². The number of amides is 1. The highest BCUT2D eigenvalue weighted by Crippen LogP contribution is 2.33. The zero-order valence-corrected chi connectivity index (χ0v) is 11.6. The molecule has 0 fully saturated rings. The molecule has 0 saturated heterocycles. The van der Waals surface area contributed by atoms with Gasteiger partial charge in [-0.05, 0) is 40.1 Å². The van der Waals surface area contributed by atoms with Crippen LogP contribution in [0, 0.1) is 5.82 Å². The number of anilines is 1. The molecule has 3 aromatic rings. The van der Waals surface area contributed by atoms with Crippen LogP contribution in [-0.2, 0) is 4.79 Å². The van der Waals surface area contributed by atoms with Crippen LogP contribution in [0.3, 0.4) is 0 Å². The lowest BCUT2D eigenvalue weighted by atomic mass is 10.0. The average molecular weight is 306 g/mol. The smallest absolute Gasteiger partial charge is 0.221 e. The zero-order chi connectivity index (χ0) is 15.0. The SMILES string of the molecule is CC(=O)Nc1cc(Cl)c(-c2ccc3nonc3c2)cc1F. The summed E-state index contributed by atoms with van der Waals surface area (Å²) in [5.74, 6) is -0.934. The number of carbonyl (C=O) groups excluding carboxylic acids is 1. The van der Waals surface area contributed by atoms with Crippen molar-refractivity contribution in [1.29, 1.82) is 0 Å². The number of nitrogens with one attached hydrogen (secondary N) is 1. The van der Waals surface area contributed by atoms with Gasteiger partial charge in [0.1, 0.15) is 16.9 Å². The van der Waals surface area contributed by atoms with Crippen LogP contribution >= 0.6 is 11.6 Å². The van der Waals surface area contributed by atoms with Crippen molar-refractivity contribution in [1.82, 2.24) is 10.3 Å². The molecule has 0 unspecified atom stereocenters. The second kappa shape index (κ2) is 5.14. The molecule has 0 aliphatic rings. The second-order valence-corrected chi connectivity index (χ2v) is 4.87. The summed E-state index contributed by atoms with van der Waals surface area (Å²) in [5.41, 5.74) is 2.37. The van der Waals surface area contributed by atoms with Crippen molar-refractivity contribution in [3.8, 4) is 11.1 Å². The van der Waals surface area contributed by atoms with E-state index in [2.05, 4.69) is 20.3 Å². The minimum atomic E-state index is -0.567. The van der Waals surface area contributed by atoms with Gasteiger partial charge in [-0.25, -0.2) is 9.02 Å². The molecule has 1 heterocycles. The summed E-state index contributed by atoms with van der Waals surface area (Å²) in [7, 11) is 0. The molecule has 3 rings (SSSR count). The molecule has 0 spiro atoms. The summed E-state index contributed by atoms with van der Waals surface area (Å²) in [6, 6.07) is 7.79. The lowest BCUT2D eigenvalue weighted by molar-refractivity contribution is -0.114. The molecule has 0 saturated carbocycles. The van der Waals surface area contributed by atoms with Gasteiger partial charge in [-0.2, -0.15) is 0 Å².